The van der Waals surface area contributed by atoms with E-state index in [-0.39, 0.29) is 18.1 Å². The number of hydrogen-bond acceptors (Lipinski definition) is 3. The van der Waals surface area contributed by atoms with E-state index in [4.69, 9.17) is 16.3 Å². The topological polar surface area (TPSA) is 49.7 Å². The normalized spacial score (nSPS) is 10.2. The molecule has 3 nitrogen and oxygen atoms in total. The Balaban J connectivity index is 2.07. The molecule has 17 heavy (non-hydrogen) atoms. The van der Waals surface area contributed by atoms with Gasteiger partial charge >= 0.3 is 0 Å². The second kappa shape index (κ2) is 4.97. The van der Waals surface area contributed by atoms with E-state index in [9.17, 15) is 10.2 Å². The minimum absolute atomic E-state index is 0.0950. The van der Waals surface area contributed by atoms with Crippen molar-refractivity contribution in [1.82, 2.24) is 0 Å². The predicted molar refractivity (Wildman–Crippen MR) is 65.6 cm³/mol. The summed E-state index contributed by atoms with van der Waals surface area (Å²) >= 11 is 5.72. The number of ether oxygens (including phenoxy) is 1. The molecule has 0 spiro atoms. The Labute approximate surface area is 104 Å². The van der Waals surface area contributed by atoms with Gasteiger partial charge in [0.1, 0.15) is 23.9 Å². The SMILES string of the molecule is Oc1cccc(OCc2ccc(Cl)cc2O)c1. The van der Waals surface area contributed by atoms with Crippen LogP contribution in [-0.2, 0) is 6.61 Å². The molecule has 0 bridgehead atoms. The van der Waals surface area contributed by atoms with Gasteiger partial charge in [-0.3, -0.25) is 0 Å². The molecular weight excluding hydrogens is 240 g/mol. The Morgan fingerprint density at radius 3 is 2.59 bits per heavy atom. The molecule has 88 valence electrons. The average Bonchev–Trinajstić information content (AvgIpc) is 2.28. The van der Waals surface area contributed by atoms with Crippen molar-refractivity contribution in [2.24, 2.45) is 0 Å². The van der Waals surface area contributed by atoms with Gasteiger partial charge in [-0.2, -0.15) is 0 Å². The molecule has 0 aromatic heterocycles. The van der Waals surface area contributed by atoms with Crippen molar-refractivity contribution in [3.05, 3.63) is 53.1 Å². The first-order valence-electron chi connectivity index (χ1n) is 5.04. The van der Waals surface area contributed by atoms with Gasteiger partial charge in [-0.1, -0.05) is 23.7 Å². The minimum Gasteiger partial charge on any atom is -0.508 e. The van der Waals surface area contributed by atoms with Crippen LogP contribution < -0.4 is 4.74 Å². The van der Waals surface area contributed by atoms with Crippen molar-refractivity contribution in [1.29, 1.82) is 0 Å². The summed E-state index contributed by atoms with van der Waals surface area (Å²) in [6.07, 6.45) is 0. The van der Waals surface area contributed by atoms with Gasteiger partial charge in [0.15, 0.2) is 0 Å². The van der Waals surface area contributed by atoms with E-state index in [1.165, 1.54) is 12.1 Å². The number of hydrogen-bond donors (Lipinski definition) is 2. The molecule has 2 N–H and O–H groups in total. The molecule has 0 aliphatic rings. The van der Waals surface area contributed by atoms with Crippen LogP contribution in [0.2, 0.25) is 5.02 Å². The van der Waals surface area contributed by atoms with Gasteiger partial charge in [0, 0.05) is 16.7 Å². The molecular formula is C13H11ClO3. The predicted octanol–water partition coefficient (Wildman–Crippen LogP) is 3.33. The average molecular weight is 251 g/mol. The third-order valence-electron chi connectivity index (χ3n) is 2.26. The van der Waals surface area contributed by atoms with E-state index < -0.39 is 0 Å². The summed E-state index contributed by atoms with van der Waals surface area (Å²) in [6.45, 7) is 0.215. The van der Waals surface area contributed by atoms with Gasteiger partial charge in [-0.15, -0.1) is 0 Å². The smallest absolute Gasteiger partial charge is 0.123 e. The maximum Gasteiger partial charge on any atom is 0.123 e. The maximum absolute atomic E-state index is 9.61. The highest BCUT2D eigenvalue weighted by molar-refractivity contribution is 6.30. The first-order chi connectivity index (χ1) is 8.15. The zero-order valence-corrected chi connectivity index (χ0v) is 9.69. The van der Waals surface area contributed by atoms with E-state index >= 15 is 0 Å². The lowest BCUT2D eigenvalue weighted by molar-refractivity contribution is 0.297. The number of rotatable bonds is 3. The van der Waals surface area contributed by atoms with E-state index in [1.54, 1.807) is 30.3 Å². The van der Waals surface area contributed by atoms with Gasteiger partial charge < -0.3 is 14.9 Å². The van der Waals surface area contributed by atoms with Crippen LogP contribution in [-0.4, -0.2) is 10.2 Å². The number of benzene rings is 2. The van der Waals surface area contributed by atoms with Crippen LogP contribution in [0, 0.1) is 0 Å². The van der Waals surface area contributed by atoms with Gasteiger partial charge in [0.25, 0.3) is 0 Å². The summed E-state index contributed by atoms with van der Waals surface area (Å²) in [7, 11) is 0. The number of phenols is 2. The first kappa shape index (κ1) is 11.6. The highest BCUT2D eigenvalue weighted by Gasteiger charge is 2.03. The lowest BCUT2D eigenvalue weighted by Crippen LogP contribution is -1.95. The quantitative estimate of drug-likeness (QED) is 0.879. The van der Waals surface area contributed by atoms with Crippen LogP contribution >= 0.6 is 11.6 Å². The Bertz CT molecular complexity index is 526. The second-order valence-corrected chi connectivity index (χ2v) is 4.00. The van der Waals surface area contributed by atoms with E-state index in [1.807, 2.05) is 0 Å². The van der Waals surface area contributed by atoms with Crippen LogP contribution in [0.4, 0.5) is 0 Å². The van der Waals surface area contributed by atoms with Gasteiger partial charge in [0.2, 0.25) is 0 Å². The molecule has 2 rings (SSSR count). The molecule has 0 saturated heterocycles. The molecule has 0 aliphatic heterocycles. The fourth-order valence-corrected chi connectivity index (χ4v) is 1.56. The van der Waals surface area contributed by atoms with Gasteiger partial charge in [0.05, 0.1) is 0 Å². The lowest BCUT2D eigenvalue weighted by atomic mass is 10.2. The maximum atomic E-state index is 9.61. The lowest BCUT2D eigenvalue weighted by Gasteiger charge is -2.08. The van der Waals surface area contributed by atoms with Crippen LogP contribution in [0.5, 0.6) is 17.2 Å². The van der Waals surface area contributed by atoms with Crippen molar-refractivity contribution in [3.63, 3.8) is 0 Å². The Hall–Kier alpha value is -1.87. The molecule has 0 heterocycles. The molecule has 0 amide bonds. The summed E-state index contributed by atoms with van der Waals surface area (Å²) < 4.78 is 5.43. The first-order valence-corrected chi connectivity index (χ1v) is 5.42. The van der Waals surface area contributed by atoms with E-state index in [2.05, 4.69) is 0 Å². The zero-order valence-electron chi connectivity index (χ0n) is 8.93. The Morgan fingerprint density at radius 2 is 1.88 bits per heavy atom. The van der Waals surface area contributed by atoms with Crippen LogP contribution in [0.15, 0.2) is 42.5 Å². The summed E-state index contributed by atoms with van der Waals surface area (Å²) in [5.41, 5.74) is 0.637. The van der Waals surface area contributed by atoms with Crippen molar-refractivity contribution >= 4 is 11.6 Å². The van der Waals surface area contributed by atoms with E-state index in [0.717, 1.165) is 0 Å². The fourth-order valence-electron chi connectivity index (χ4n) is 1.39. The fraction of sp³-hybridized carbons (Fsp3) is 0.0769. The van der Waals surface area contributed by atoms with Crippen molar-refractivity contribution in [3.8, 4) is 17.2 Å². The summed E-state index contributed by atoms with van der Waals surface area (Å²) in [4.78, 5) is 0. The summed E-state index contributed by atoms with van der Waals surface area (Å²) in [5, 5.41) is 19.3. The third-order valence-corrected chi connectivity index (χ3v) is 2.49. The van der Waals surface area contributed by atoms with E-state index in [0.29, 0.717) is 16.3 Å². The molecule has 2 aromatic carbocycles. The van der Waals surface area contributed by atoms with Gasteiger partial charge in [-0.25, -0.2) is 0 Å². The van der Waals surface area contributed by atoms with Crippen molar-refractivity contribution < 1.29 is 14.9 Å². The van der Waals surface area contributed by atoms with Crippen LogP contribution in [0.3, 0.4) is 0 Å². The van der Waals surface area contributed by atoms with Crippen molar-refractivity contribution in [2.75, 3.05) is 0 Å². The molecule has 0 unspecified atom stereocenters. The summed E-state index contributed by atoms with van der Waals surface area (Å²) in [6, 6.07) is 11.3. The number of halogens is 1. The molecule has 0 saturated carbocycles. The second-order valence-electron chi connectivity index (χ2n) is 3.56. The highest BCUT2D eigenvalue weighted by Crippen LogP contribution is 2.24. The molecule has 0 atom stereocenters. The van der Waals surface area contributed by atoms with Crippen molar-refractivity contribution in [2.45, 2.75) is 6.61 Å². The van der Waals surface area contributed by atoms with Crippen LogP contribution in [0.1, 0.15) is 5.56 Å². The minimum atomic E-state index is 0.0950. The number of aromatic hydroxyl groups is 2. The molecule has 4 heteroatoms. The number of phenolic OH excluding ortho intramolecular Hbond substituents is 2. The molecule has 0 fully saturated rings. The summed E-state index contributed by atoms with van der Waals surface area (Å²) in [5.74, 6) is 0.778. The highest BCUT2D eigenvalue weighted by atomic mass is 35.5. The third kappa shape index (κ3) is 3.04. The molecule has 2 aromatic rings. The standard InChI is InChI=1S/C13H11ClO3/c14-10-5-4-9(13(16)6-10)8-17-12-3-1-2-11(15)7-12/h1-7,15-16H,8H2. The van der Waals surface area contributed by atoms with Crippen LogP contribution in [0.25, 0.3) is 0 Å². The molecule has 0 radical (unpaired) electrons. The Kier molecular flexibility index (Phi) is 3.40. The monoisotopic (exact) mass is 250 g/mol. The molecule has 0 aliphatic carbocycles. The Morgan fingerprint density at radius 1 is 1.06 bits per heavy atom. The zero-order chi connectivity index (χ0) is 12.3. The largest absolute Gasteiger partial charge is 0.508 e. The van der Waals surface area contributed by atoms with Gasteiger partial charge in [-0.05, 0) is 24.3 Å².